The van der Waals surface area contributed by atoms with Gasteiger partial charge in [0, 0.05) is 25.0 Å². The van der Waals surface area contributed by atoms with Gasteiger partial charge in [-0.25, -0.2) is 4.98 Å². The Labute approximate surface area is 128 Å². The molecule has 0 bridgehead atoms. The van der Waals surface area contributed by atoms with Crippen LogP contribution in [0.25, 0.3) is 4.91 Å². The third-order valence-electron chi connectivity index (χ3n) is 3.91. The molecule has 21 heavy (non-hydrogen) atoms. The zero-order valence-corrected chi connectivity index (χ0v) is 12.5. The van der Waals surface area contributed by atoms with Gasteiger partial charge in [0.1, 0.15) is 5.50 Å². The Hall–Kier alpha value is -1.72. The molecule has 108 valence electrons. The number of nitrogens with zero attached hydrogens (tertiary/aromatic N) is 3. The highest BCUT2D eigenvalue weighted by Gasteiger charge is 2.34. The van der Waals surface area contributed by atoms with Crippen molar-refractivity contribution in [1.82, 2.24) is 9.88 Å². The maximum atomic E-state index is 5.47. The van der Waals surface area contributed by atoms with E-state index in [1.807, 2.05) is 11.8 Å². The van der Waals surface area contributed by atoms with Crippen LogP contribution in [0.4, 0.5) is 5.69 Å². The maximum absolute atomic E-state index is 5.47. The lowest BCUT2D eigenvalue weighted by atomic mass is 10.3. The Bertz CT molecular complexity index is 620. The van der Waals surface area contributed by atoms with Gasteiger partial charge >= 0.3 is 0 Å². The van der Waals surface area contributed by atoms with Gasteiger partial charge < -0.3 is 9.32 Å². The lowest BCUT2D eigenvalue weighted by Gasteiger charge is -2.32. The number of thioether (sulfide) groups is 1. The Morgan fingerprint density at radius 1 is 1.14 bits per heavy atom. The minimum Gasteiger partial charge on any atom is -0.443 e. The summed E-state index contributed by atoms with van der Waals surface area (Å²) in [6.07, 6.45) is 8.04. The van der Waals surface area contributed by atoms with Crippen LogP contribution in [0.1, 0.15) is 18.6 Å². The molecule has 1 unspecified atom stereocenters. The monoisotopic (exact) mass is 299 g/mol. The number of hydrogen-bond donors (Lipinski definition) is 0. The predicted octanol–water partition coefficient (Wildman–Crippen LogP) is 3.61. The van der Waals surface area contributed by atoms with E-state index in [2.05, 4.69) is 51.3 Å². The summed E-state index contributed by atoms with van der Waals surface area (Å²) in [7, 11) is 0. The number of oxazole rings is 1. The molecule has 0 saturated carbocycles. The maximum Gasteiger partial charge on any atom is 0.181 e. The van der Waals surface area contributed by atoms with Crippen molar-refractivity contribution in [2.45, 2.75) is 18.3 Å². The number of anilines is 1. The molecule has 0 aliphatic carbocycles. The van der Waals surface area contributed by atoms with Crippen LogP contribution in [0.2, 0.25) is 0 Å². The average molecular weight is 299 g/mol. The van der Waals surface area contributed by atoms with Crippen LogP contribution in [0.15, 0.2) is 53.5 Å². The van der Waals surface area contributed by atoms with Crippen molar-refractivity contribution in [1.29, 1.82) is 0 Å². The molecule has 0 spiro atoms. The highest BCUT2D eigenvalue weighted by Crippen LogP contribution is 2.43. The highest BCUT2D eigenvalue weighted by molar-refractivity contribution is 8.09. The van der Waals surface area contributed by atoms with Crippen molar-refractivity contribution in [2.24, 2.45) is 0 Å². The lowest BCUT2D eigenvalue weighted by molar-refractivity contribution is 0.321. The zero-order valence-electron chi connectivity index (χ0n) is 11.7. The van der Waals surface area contributed by atoms with Gasteiger partial charge in [0.25, 0.3) is 0 Å². The molecule has 1 fully saturated rings. The molecular weight excluding hydrogens is 282 g/mol. The van der Waals surface area contributed by atoms with Gasteiger partial charge in [0.15, 0.2) is 12.2 Å². The van der Waals surface area contributed by atoms with Crippen molar-refractivity contribution >= 4 is 22.4 Å². The summed E-state index contributed by atoms with van der Waals surface area (Å²) in [4.78, 5) is 10.1. The van der Waals surface area contributed by atoms with Gasteiger partial charge in [-0.3, -0.25) is 4.90 Å². The molecule has 2 aliphatic heterocycles. The van der Waals surface area contributed by atoms with E-state index < -0.39 is 0 Å². The molecule has 4 nitrogen and oxygen atoms in total. The highest BCUT2D eigenvalue weighted by atomic mass is 32.2. The second-order valence-electron chi connectivity index (χ2n) is 5.29. The largest absolute Gasteiger partial charge is 0.443 e. The standard InChI is InChI=1S/C16H17N3OS/c1-2-6-13(7-3-1)19-11-15(14-10-17-12-20-14)21-16(19)18-8-4-5-9-18/h1-3,6-7,10-12,16H,4-5,8-9H2. The fourth-order valence-electron chi connectivity index (χ4n) is 2.87. The summed E-state index contributed by atoms with van der Waals surface area (Å²) in [5, 5.41) is 0. The van der Waals surface area contributed by atoms with Gasteiger partial charge in [-0.15, -0.1) is 0 Å². The SMILES string of the molecule is C1=C(c2cnco2)SC(N2CCCC2)N1c1ccccc1. The first kappa shape index (κ1) is 13.0. The minimum absolute atomic E-state index is 0.315. The molecule has 3 heterocycles. The van der Waals surface area contributed by atoms with Gasteiger partial charge in [0.05, 0.1) is 11.1 Å². The second-order valence-corrected chi connectivity index (χ2v) is 6.39. The molecule has 1 saturated heterocycles. The molecule has 4 rings (SSSR count). The van der Waals surface area contributed by atoms with E-state index in [1.54, 1.807) is 6.20 Å². The van der Waals surface area contributed by atoms with Crippen LogP contribution in [0, 0.1) is 0 Å². The zero-order chi connectivity index (χ0) is 14.1. The Morgan fingerprint density at radius 3 is 2.67 bits per heavy atom. The van der Waals surface area contributed by atoms with E-state index in [4.69, 9.17) is 4.42 Å². The van der Waals surface area contributed by atoms with Gasteiger partial charge in [0.2, 0.25) is 0 Å². The van der Waals surface area contributed by atoms with Crippen molar-refractivity contribution in [2.75, 3.05) is 18.0 Å². The molecule has 0 radical (unpaired) electrons. The van der Waals surface area contributed by atoms with Crippen molar-refractivity contribution in [3.05, 3.63) is 54.9 Å². The second kappa shape index (κ2) is 5.58. The predicted molar refractivity (Wildman–Crippen MR) is 85.6 cm³/mol. The Morgan fingerprint density at radius 2 is 1.95 bits per heavy atom. The number of hydrogen-bond acceptors (Lipinski definition) is 5. The summed E-state index contributed by atoms with van der Waals surface area (Å²) in [5.41, 5.74) is 1.53. The van der Waals surface area contributed by atoms with Gasteiger partial charge in [-0.1, -0.05) is 30.0 Å². The summed E-state index contributed by atoms with van der Waals surface area (Å²) >= 11 is 1.85. The molecule has 1 aromatic carbocycles. The van der Waals surface area contributed by atoms with Gasteiger partial charge in [-0.2, -0.15) is 0 Å². The first-order valence-corrected chi connectivity index (χ1v) is 8.14. The molecule has 5 heteroatoms. The third-order valence-corrected chi connectivity index (χ3v) is 5.21. The normalized spacial score (nSPS) is 22.8. The molecular formula is C16H17N3OS. The quantitative estimate of drug-likeness (QED) is 0.864. The van der Waals surface area contributed by atoms with E-state index in [1.165, 1.54) is 38.0 Å². The summed E-state index contributed by atoms with van der Waals surface area (Å²) in [6, 6.07) is 10.5. The van der Waals surface area contributed by atoms with Crippen molar-refractivity contribution in [3.63, 3.8) is 0 Å². The molecule has 2 aliphatic rings. The minimum atomic E-state index is 0.315. The van der Waals surface area contributed by atoms with Crippen LogP contribution in [0.3, 0.4) is 0 Å². The average Bonchev–Trinajstić information content (AvgIpc) is 3.27. The number of likely N-dealkylation sites (tertiary alicyclic amines) is 1. The number of para-hydroxylation sites is 1. The van der Waals surface area contributed by atoms with Crippen molar-refractivity contribution < 1.29 is 4.42 Å². The summed E-state index contributed by atoms with van der Waals surface area (Å²) in [6.45, 7) is 2.33. The topological polar surface area (TPSA) is 32.5 Å². The number of rotatable bonds is 3. The van der Waals surface area contributed by atoms with E-state index in [0.717, 1.165) is 10.7 Å². The van der Waals surface area contributed by atoms with Crippen LogP contribution in [-0.2, 0) is 0 Å². The fraction of sp³-hybridized carbons (Fsp3) is 0.312. The lowest BCUT2D eigenvalue weighted by Crippen LogP contribution is -2.40. The fourth-order valence-corrected chi connectivity index (χ4v) is 4.14. The number of benzene rings is 1. The Balaban J connectivity index is 1.67. The first-order valence-electron chi connectivity index (χ1n) is 7.26. The van der Waals surface area contributed by atoms with Gasteiger partial charge in [-0.05, 0) is 25.0 Å². The Kier molecular flexibility index (Phi) is 3.45. The van der Waals surface area contributed by atoms with Crippen LogP contribution < -0.4 is 4.90 Å². The molecule has 0 N–H and O–H groups in total. The molecule has 1 aromatic heterocycles. The van der Waals surface area contributed by atoms with Crippen LogP contribution in [0.5, 0.6) is 0 Å². The van der Waals surface area contributed by atoms with E-state index in [-0.39, 0.29) is 0 Å². The third kappa shape index (κ3) is 2.47. The molecule has 2 aromatic rings. The first-order chi connectivity index (χ1) is 10.4. The van der Waals surface area contributed by atoms with Crippen LogP contribution in [-0.4, -0.2) is 28.5 Å². The summed E-state index contributed by atoms with van der Waals surface area (Å²) in [5.74, 6) is 0.850. The summed E-state index contributed by atoms with van der Waals surface area (Å²) < 4.78 is 5.47. The van der Waals surface area contributed by atoms with E-state index >= 15 is 0 Å². The van der Waals surface area contributed by atoms with E-state index in [9.17, 15) is 0 Å². The van der Waals surface area contributed by atoms with E-state index in [0.29, 0.717) is 5.50 Å². The smallest absolute Gasteiger partial charge is 0.181 e. The van der Waals surface area contributed by atoms with Crippen molar-refractivity contribution in [3.8, 4) is 0 Å². The molecule has 1 atom stereocenters. The number of aromatic nitrogens is 1. The molecule has 0 amide bonds. The van der Waals surface area contributed by atoms with Crippen LogP contribution >= 0.6 is 11.8 Å².